The number of pyridine rings is 1. The van der Waals surface area contributed by atoms with Crippen LogP contribution < -0.4 is 16.0 Å². The number of aliphatic hydroxyl groups is 1. The molecular weight excluding hydrogens is 463 g/mol. The van der Waals surface area contributed by atoms with E-state index in [0.717, 1.165) is 24.5 Å². The highest BCUT2D eigenvalue weighted by atomic mass is 19.1. The molecule has 4 rings (SSSR count). The van der Waals surface area contributed by atoms with Gasteiger partial charge < -0.3 is 25.8 Å². The summed E-state index contributed by atoms with van der Waals surface area (Å²) in [7, 11) is 0. The fourth-order valence-corrected chi connectivity index (χ4v) is 4.21. The van der Waals surface area contributed by atoms with Crippen LogP contribution in [0, 0.1) is 23.4 Å². The number of amides is 1. The van der Waals surface area contributed by atoms with Gasteiger partial charge in [0.05, 0.1) is 42.9 Å². The van der Waals surface area contributed by atoms with Crippen molar-refractivity contribution in [2.24, 2.45) is 16.6 Å². The van der Waals surface area contributed by atoms with Crippen molar-refractivity contribution in [1.29, 1.82) is 0 Å². The Morgan fingerprint density at radius 1 is 1.29 bits per heavy atom. The number of nitrogens with two attached hydrogens (primary N) is 1. The van der Waals surface area contributed by atoms with Gasteiger partial charge in [0.1, 0.15) is 17.5 Å². The number of nitrogens with zero attached hydrogens (tertiary/aromatic N) is 3. The van der Waals surface area contributed by atoms with Crippen LogP contribution in [0.25, 0.3) is 0 Å². The number of ether oxygens (including phenoxy) is 1. The molecule has 2 aromatic rings. The van der Waals surface area contributed by atoms with Crippen LogP contribution in [0.3, 0.4) is 0 Å². The zero-order valence-corrected chi connectivity index (χ0v) is 18.9. The molecular formula is C24H26F3N5O3. The Bertz CT molecular complexity index is 1140. The quantitative estimate of drug-likeness (QED) is 0.538. The van der Waals surface area contributed by atoms with Gasteiger partial charge in [0.2, 0.25) is 0 Å². The minimum atomic E-state index is -0.733. The molecule has 11 heteroatoms. The summed E-state index contributed by atoms with van der Waals surface area (Å²) >= 11 is 0. The highest BCUT2D eigenvalue weighted by Gasteiger charge is 2.32. The summed E-state index contributed by atoms with van der Waals surface area (Å²) in [5, 5.41) is 12.8. The summed E-state index contributed by atoms with van der Waals surface area (Å²) in [6, 6.07) is 4.84. The number of carbonyl (C=O) groups excluding carboxylic acids is 1. The molecule has 4 N–H and O–H groups in total. The van der Waals surface area contributed by atoms with Gasteiger partial charge in [0, 0.05) is 49.4 Å². The Balaban J connectivity index is 1.54. The maximum absolute atomic E-state index is 14.7. The number of piperidine rings is 1. The molecule has 0 spiro atoms. The molecule has 1 aromatic carbocycles. The van der Waals surface area contributed by atoms with E-state index in [1.165, 1.54) is 17.0 Å². The molecule has 0 radical (unpaired) electrons. The van der Waals surface area contributed by atoms with E-state index >= 15 is 0 Å². The highest BCUT2D eigenvalue weighted by Crippen LogP contribution is 2.29. The van der Waals surface area contributed by atoms with Crippen molar-refractivity contribution in [2.45, 2.75) is 25.4 Å². The molecule has 2 saturated heterocycles. The summed E-state index contributed by atoms with van der Waals surface area (Å²) in [4.78, 5) is 22.7. The number of hydrogen-bond acceptors (Lipinski definition) is 7. The topological polar surface area (TPSA) is 113 Å². The number of anilines is 2. The Kier molecular flexibility index (Phi) is 7.67. The molecule has 0 bridgehead atoms. The molecule has 35 heavy (non-hydrogen) atoms. The van der Waals surface area contributed by atoms with Crippen molar-refractivity contribution in [1.82, 2.24) is 4.98 Å². The van der Waals surface area contributed by atoms with Crippen LogP contribution >= 0.6 is 0 Å². The summed E-state index contributed by atoms with van der Waals surface area (Å²) < 4.78 is 48.0. The van der Waals surface area contributed by atoms with E-state index < -0.39 is 23.4 Å². The summed E-state index contributed by atoms with van der Waals surface area (Å²) in [5.41, 5.74) is 5.80. The van der Waals surface area contributed by atoms with Crippen LogP contribution in [0.1, 0.15) is 18.4 Å². The van der Waals surface area contributed by atoms with Crippen molar-refractivity contribution in [3.05, 3.63) is 65.3 Å². The number of halogens is 3. The number of carbonyl (C=O) groups is 1. The number of nitrogens with one attached hydrogen (secondary N) is 1. The fraction of sp³-hybridized carbons (Fsp3) is 0.375. The molecule has 2 unspecified atom stereocenters. The zero-order chi connectivity index (χ0) is 24.9. The first-order valence-electron chi connectivity index (χ1n) is 11.2. The van der Waals surface area contributed by atoms with Crippen molar-refractivity contribution in [3.63, 3.8) is 0 Å². The molecule has 0 aliphatic carbocycles. The second kappa shape index (κ2) is 10.9. The van der Waals surface area contributed by atoms with E-state index in [1.54, 1.807) is 0 Å². The molecule has 2 atom stereocenters. The van der Waals surface area contributed by atoms with Gasteiger partial charge in [-0.05, 0) is 18.6 Å². The number of hydrogen-bond donors (Lipinski definition) is 3. The first kappa shape index (κ1) is 24.7. The van der Waals surface area contributed by atoms with E-state index in [-0.39, 0.29) is 60.6 Å². The predicted molar refractivity (Wildman–Crippen MR) is 124 cm³/mol. The third-order valence-electron chi connectivity index (χ3n) is 6.18. The zero-order valence-electron chi connectivity index (χ0n) is 18.9. The third kappa shape index (κ3) is 5.30. The molecule has 0 saturated carbocycles. The van der Waals surface area contributed by atoms with E-state index in [2.05, 4.69) is 15.3 Å². The van der Waals surface area contributed by atoms with Gasteiger partial charge in [-0.3, -0.25) is 9.79 Å². The number of aliphatic imine (C=N–C) groups is 1. The average molecular weight is 489 g/mol. The average Bonchev–Trinajstić information content (AvgIpc) is 2.85. The van der Waals surface area contributed by atoms with Crippen LogP contribution in [-0.2, 0) is 16.1 Å². The highest BCUT2D eigenvalue weighted by molar-refractivity contribution is 6.28. The lowest BCUT2D eigenvalue weighted by Crippen LogP contribution is -2.42. The number of aromatic nitrogens is 1. The first-order chi connectivity index (χ1) is 16.9. The lowest BCUT2D eigenvalue weighted by Gasteiger charge is -2.32. The van der Waals surface area contributed by atoms with Crippen molar-refractivity contribution in [2.75, 3.05) is 36.6 Å². The number of rotatable bonds is 6. The van der Waals surface area contributed by atoms with Crippen LogP contribution in [-0.4, -0.2) is 54.1 Å². The van der Waals surface area contributed by atoms with Gasteiger partial charge in [-0.1, -0.05) is 6.07 Å². The Labute approximate surface area is 200 Å². The van der Waals surface area contributed by atoms with Crippen molar-refractivity contribution < 1.29 is 27.8 Å². The van der Waals surface area contributed by atoms with Crippen molar-refractivity contribution >= 4 is 23.1 Å². The Morgan fingerprint density at radius 3 is 2.77 bits per heavy atom. The van der Waals surface area contributed by atoms with Crippen LogP contribution in [0.2, 0.25) is 0 Å². The van der Waals surface area contributed by atoms with Gasteiger partial charge in [0.15, 0.2) is 5.82 Å². The lowest BCUT2D eigenvalue weighted by atomic mass is 9.96. The van der Waals surface area contributed by atoms with Crippen LogP contribution in [0.15, 0.2) is 47.2 Å². The SMILES string of the molecule is N/C=C1/C(=O)N(c2cc(NC3CCOCC3CO)ncc2F)CCC1=NCc1c(F)cccc1F. The maximum atomic E-state index is 14.7. The maximum Gasteiger partial charge on any atom is 0.261 e. The molecule has 2 fully saturated rings. The molecule has 8 nitrogen and oxygen atoms in total. The summed E-state index contributed by atoms with van der Waals surface area (Å²) in [5.74, 6) is -2.53. The van der Waals surface area contributed by atoms with Gasteiger partial charge in [-0.25, -0.2) is 18.2 Å². The van der Waals surface area contributed by atoms with Crippen LogP contribution in [0.4, 0.5) is 24.7 Å². The molecule has 2 aliphatic heterocycles. The largest absolute Gasteiger partial charge is 0.404 e. The number of benzene rings is 1. The Hall–Kier alpha value is -3.44. The second-order valence-electron chi connectivity index (χ2n) is 8.33. The van der Waals surface area contributed by atoms with Gasteiger partial charge in [-0.2, -0.15) is 0 Å². The van der Waals surface area contributed by atoms with Crippen molar-refractivity contribution in [3.8, 4) is 0 Å². The lowest BCUT2D eigenvalue weighted by molar-refractivity contribution is -0.114. The fourth-order valence-electron chi connectivity index (χ4n) is 4.21. The minimum absolute atomic E-state index is 0.0126. The van der Waals surface area contributed by atoms with E-state index in [4.69, 9.17) is 10.5 Å². The van der Waals surface area contributed by atoms with Gasteiger partial charge in [0.25, 0.3) is 5.91 Å². The smallest absolute Gasteiger partial charge is 0.261 e. The minimum Gasteiger partial charge on any atom is -0.404 e. The second-order valence-corrected chi connectivity index (χ2v) is 8.33. The number of aliphatic hydroxyl groups excluding tert-OH is 1. The van der Waals surface area contributed by atoms with E-state index in [1.807, 2.05) is 0 Å². The first-order valence-corrected chi connectivity index (χ1v) is 11.2. The normalized spacial score (nSPS) is 23.2. The molecule has 2 aliphatic rings. The van der Waals surface area contributed by atoms with Gasteiger partial charge in [-0.15, -0.1) is 0 Å². The summed E-state index contributed by atoms with van der Waals surface area (Å²) in [6.07, 6.45) is 2.94. The molecule has 1 aromatic heterocycles. The predicted octanol–water partition coefficient (Wildman–Crippen LogP) is 2.53. The van der Waals surface area contributed by atoms with Gasteiger partial charge >= 0.3 is 0 Å². The van der Waals surface area contributed by atoms with E-state index in [0.29, 0.717) is 25.5 Å². The van der Waals surface area contributed by atoms with E-state index in [9.17, 15) is 23.1 Å². The third-order valence-corrected chi connectivity index (χ3v) is 6.18. The molecule has 3 heterocycles. The standard InChI is InChI=1S/C24H26F3N5O3/c25-17-2-1-3-18(26)16(17)10-29-21-4-6-32(24(34)15(21)9-28)22-8-23(30-11-19(22)27)31-20-5-7-35-13-14(20)12-33/h1-3,8-9,11,14,20,33H,4-7,10,12-13,28H2,(H,30,31)/b15-9+,29-21?. The molecule has 186 valence electrons. The Morgan fingerprint density at radius 2 is 2.06 bits per heavy atom. The van der Waals surface area contributed by atoms with Crippen LogP contribution in [0.5, 0.6) is 0 Å². The monoisotopic (exact) mass is 489 g/mol. The summed E-state index contributed by atoms with van der Waals surface area (Å²) in [6.45, 7) is 0.644. The molecule has 1 amide bonds.